The lowest BCUT2D eigenvalue weighted by Gasteiger charge is -2.12. The lowest BCUT2D eigenvalue weighted by atomic mass is 10.3. The number of alkyl halides is 3. The number of para-hydroxylation sites is 2. The van der Waals surface area contributed by atoms with Gasteiger partial charge in [-0.05, 0) is 19.1 Å². The summed E-state index contributed by atoms with van der Waals surface area (Å²) in [7, 11) is 0. The highest BCUT2D eigenvalue weighted by Gasteiger charge is 2.27. The number of rotatable bonds is 10. The van der Waals surface area contributed by atoms with E-state index in [-0.39, 0.29) is 6.61 Å². The third kappa shape index (κ3) is 8.41. The van der Waals surface area contributed by atoms with Gasteiger partial charge in [0.05, 0.1) is 13.2 Å². The van der Waals surface area contributed by atoms with Crippen molar-refractivity contribution >= 4 is 0 Å². The number of hydrogen-bond donors (Lipinski definition) is 1. The van der Waals surface area contributed by atoms with Crippen molar-refractivity contribution in [3.8, 4) is 11.5 Å². The second-order valence-electron chi connectivity index (χ2n) is 4.15. The Morgan fingerprint density at radius 3 is 2.24 bits per heavy atom. The molecule has 0 saturated carbocycles. The molecule has 7 heteroatoms. The molecular weight excluding hydrogens is 287 g/mol. The quantitative estimate of drug-likeness (QED) is 0.675. The van der Waals surface area contributed by atoms with Gasteiger partial charge in [-0.2, -0.15) is 13.2 Å². The van der Waals surface area contributed by atoms with E-state index >= 15 is 0 Å². The van der Waals surface area contributed by atoms with Crippen LogP contribution in [0.4, 0.5) is 13.2 Å². The summed E-state index contributed by atoms with van der Waals surface area (Å²) in [6.45, 7) is 2.47. The Labute approximate surface area is 122 Å². The zero-order valence-corrected chi connectivity index (χ0v) is 11.9. The molecule has 0 aliphatic carbocycles. The fourth-order valence-corrected chi connectivity index (χ4v) is 1.53. The number of hydrogen-bond acceptors (Lipinski definition) is 4. The van der Waals surface area contributed by atoms with E-state index in [4.69, 9.17) is 9.47 Å². The van der Waals surface area contributed by atoms with Crippen LogP contribution in [0.3, 0.4) is 0 Å². The maximum atomic E-state index is 11.8. The summed E-state index contributed by atoms with van der Waals surface area (Å²) in [5.41, 5.74) is 0. The van der Waals surface area contributed by atoms with E-state index in [1.165, 1.54) is 0 Å². The maximum Gasteiger partial charge on any atom is 0.411 e. The molecule has 1 aromatic carbocycles. The predicted molar refractivity (Wildman–Crippen MR) is 72.8 cm³/mol. The monoisotopic (exact) mass is 307 g/mol. The Hall–Kier alpha value is -1.47. The van der Waals surface area contributed by atoms with E-state index in [1.54, 1.807) is 6.07 Å². The molecule has 0 radical (unpaired) electrons. The van der Waals surface area contributed by atoms with Crippen molar-refractivity contribution in [2.75, 3.05) is 39.5 Å². The molecule has 0 heterocycles. The molecule has 4 nitrogen and oxygen atoms in total. The first kappa shape index (κ1) is 17.6. The lowest BCUT2D eigenvalue weighted by molar-refractivity contribution is -0.173. The number of halogens is 3. The summed E-state index contributed by atoms with van der Waals surface area (Å²) >= 11 is 0. The molecule has 0 fully saturated rings. The molecule has 0 aliphatic heterocycles. The molecule has 1 aromatic rings. The average Bonchev–Trinajstić information content (AvgIpc) is 2.42. The van der Waals surface area contributed by atoms with Crippen LogP contribution in [-0.4, -0.2) is 45.7 Å². The standard InChI is InChI=1S/C14H20F3NO3/c1-2-20-12-5-3-4-6-13(12)21-10-8-18-7-9-19-11-14(15,16)17/h3-6,18H,2,7-11H2,1H3. The van der Waals surface area contributed by atoms with E-state index in [0.29, 0.717) is 37.8 Å². The largest absolute Gasteiger partial charge is 0.490 e. The van der Waals surface area contributed by atoms with Crippen molar-refractivity contribution in [2.45, 2.75) is 13.1 Å². The van der Waals surface area contributed by atoms with Gasteiger partial charge in [0.2, 0.25) is 0 Å². The second-order valence-corrected chi connectivity index (χ2v) is 4.15. The smallest absolute Gasteiger partial charge is 0.411 e. The maximum absolute atomic E-state index is 11.8. The first-order valence-corrected chi connectivity index (χ1v) is 6.73. The summed E-state index contributed by atoms with van der Waals surface area (Å²) in [5.74, 6) is 1.32. The van der Waals surface area contributed by atoms with Crippen LogP contribution in [0.2, 0.25) is 0 Å². The van der Waals surface area contributed by atoms with Gasteiger partial charge in [-0.15, -0.1) is 0 Å². The van der Waals surface area contributed by atoms with Crippen LogP contribution in [0.5, 0.6) is 11.5 Å². The van der Waals surface area contributed by atoms with Crippen LogP contribution in [-0.2, 0) is 4.74 Å². The molecule has 0 aromatic heterocycles. The fourth-order valence-electron chi connectivity index (χ4n) is 1.53. The van der Waals surface area contributed by atoms with Gasteiger partial charge in [-0.1, -0.05) is 12.1 Å². The zero-order valence-electron chi connectivity index (χ0n) is 11.9. The van der Waals surface area contributed by atoms with Crippen molar-refractivity contribution < 1.29 is 27.4 Å². The molecule has 0 saturated heterocycles. The Balaban J connectivity index is 2.09. The molecule has 0 unspecified atom stereocenters. The Morgan fingerprint density at radius 2 is 1.62 bits per heavy atom. The molecule has 0 amide bonds. The zero-order chi connectivity index (χ0) is 15.6. The molecule has 120 valence electrons. The SMILES string of the molecule is CCOc1ccccc1OCCNCCOCC(F)(F)F. The van der Waals surface area contributed by atoms with Gasteiger partial charge >= 0.3 is 6.18 Å². The van der Waals surface area contributed by atoms with Crippen molar-refractivity contribution in [3.05, 3.63) is 24.3 Å². The minimum Gasteiger partial charge on any atom is -0.490 e. The Morgan fingerprint density at radius 1 is 1.00 bits per heavy atom. The van der Waals surface area contributed by atoms with E-state index in [2.05, 4.69) is 10.1 Å². The van der Waals surface area contributed by atoms with Gasteiger partial charge in [0.25, 0.3) is 0 Å². The number of ether oxygens (including phenoxy) is 3. The summed E-state index contributed by atoms with van der Waals surface area (Å²) < 4.78 is 50.8. The minimum atomic E-state index is -4.27. The summed E-state index contributed by atoms with van der Waals surface area (Å²) in [6, 6.07) is 7.32. The van der Waals surface area contributed by atoms with Crippen molar-refractivity contribution in [3.63, 3.8) is 0 Å². The molecule has 1 N–H and O–H groups in total. The predicted octanol–water partition coefficient (Wildman–Crippen LogP) is 2.63. The van der Waals surface area contributed by atoms with E-state index in [9.17, 15) is 13.2 Å². The van der Waals surface area contributed by atoms with Crippen molar-refractivity contribution in [1.82, 2.24) is 5.32 Å². The van der Waals surface area contributed by atoms with Crippen molar-refractivity contribution in [1.29, 1.82) is 0 Å². The molecule has 21 heavy (non-hydrogen) atoms. The minimum absolute atomic E-state index is 0.00897. The van der Waals surface area contributed by atoms with Crippen LogP contribution < -0.4 is 14.8 Å². The molecule has 0 bridgehead atoms. The summed E-state index contributed by atoms with van der Waals surface area (Å²) in [6.07, 6.45) is -4.27. The van der Waals surface area contributed by atoms with E-state index < -0.39 is 12.8 Å². The Kier molecular flexibility index (Phi) is 7.92. The fraction of sp³-hybridized carbons (Fsp3) is 0.571. The number of benzene rings is 1. The van der Waals surface area contributed by atoms with Crippen LogP contribution in [0, 0.1) is 0 Å². The van der Waals surface area contributed by atoms with E-state index in [0.717, 1.165) is 0 Å². The number of nitrogens with one attached hydrogen (secondary N) is 1. The summed E-state index contributed by atoms with van der Waals surface area (Å²) in [4.78, 5) is 0. The first-order valence-electron chi connectivity index (χ1n) is 6.73. The van der Waals surface area contributed by atoms with E-state index in [1.807, 2.05) is 25.1 Å². The lowest BCUT2D eigenvalue weighted by Crippen LogP contribution is -2.27. The van der Waals surface area contributed by atoms with Crippen LogP contribution in [0.1, 0.15) is 6.92 Å². The van der Waals surface area contributed by atoms with Crippen LogP contribution >= 0.6 is 0 Å². The average molecular weight is 307 g/mol. The van der Waals surface area contributed by atoms with Crippen LogP contribution in [0.25, 0.3) is 0 Å². The highest BCUT2D eigenvalue weighted by molar-refractivity contribution is 5.39. The van der Waals surface area contributed by atoms with Gasteiger partial charge in [0.1, 0.15) is 13.2 Å². The van der Waals surface area contributed by atoms with Crippen LogP contribution in [0.15, 0.2) is 24.3 Å². The third-order valence-electron chi connectivity index (χ3n) is 2.37. The molecule has 1 rings (SSSR count). The van der Waals surface area contributed by atoms with Crippen molar-refractivity contribution in [2.24, 2.45) is 0 Å². The molecule has 0 atom stereocenters. The highest BCUT2D eigenvalue weighted by atomic mass is 19.4. The van der Waals surface area contributed by atoms with Gasteiger partial charge in [0, 0.05) is 13.1 Å². The first-order chi connectivity index (χ1) is 10.0. The highest BCUT2D eigenvalue weighted by Crippen LogP contribution is 2.25. The topological polar surface area (TPSA) is 39.7 Å². The molecule has 0 aliphatic rings. The van der Waals surface area contributed by atoms with Gasteiger partial charge in [-0.3, -0.25) is 0 Å². The Bertz CT molecular complexity index is 399. The second kappa shape index (κ2) is 9.46. The molecular formula is C14H20F3NO3. The third-order valence-corrected chi connectivity index (χ3v) is 2.37. The summed E-state index contributed by atoms with van der Waals surface area (Å²) in [5, 5.41) is 2.94. The van der Waals surface area contributed by atoms with Gasteiger partial charge in [-0.25, -0.2) is 0 Å². The molecule has 0 spiro atoms. The normalized spacial score (nSPS) is 11.4. The van der Waals surface area contributed by atoms with Gasteiger partial charge in [0.15, 0.2) is 11.5 Å². The van der Waals surface area contributed by atoms with Gasteiger partial charge < -0.3 is 19.5 Å².